The predicted octanol–water partition coefficient (Wildman–Crippen LogP) is -0.373. The summed E-state index contributed by atoms with van der Waals surface area (Å²) in [5, 5.41) is 53.5. The Labute approximate surface area is 533 Å². The molecule has 9 unspecified atom stereocenters. The number of carboxylic acid groups (broad SMARTS) is 1. The number of amides is 9. The highest BCUT2D eigenvalue weighted by Gasteiger charge is 2.36. The predicted molar refractivity (Wildman–Crippen MR) is 345 cm³/mol. The number of nitrogens with one attached hydrogen (secondary N) is 9. The smallest absolute Gasteiger partial charge is 0.326 e. The van der Waals surface area contributed by atoms with Gasteiger partial charge in [0.15, 0.2) is 11.9 Å². The number of carboxylic acids is 1. The quantitative estimate of drug-likeness (QED) is 0.0229. The van der Waals surface area contributed by atoms with Crippen LogP contribution in [0.2, 0.25) is 0 Å². The Bertz CT molecular complexity index is 2750. The number of benzene rings is 2. The van der Waals surface area contributed by atoms with E-state index < -0.39 is 120 Å². The molecule has 9 atom stereocenters. The van der Waals surface area contributed by atoms with Crippen molar-refractivity contribution in [2.75, 3.05) is 19.6 Å². The van der Waals surface area contributed by atoms with Crippen molar-refractivity contribution < 1.29 is 63.3 Å². The van der Waals surface area contributed by atoms with Crippen LogP contribution in [0.3, 0.4) is 0 Å². The molecule has 0 aromatic heterocycles. The number of carbonyl (C=O) groups is 10. The fourth-order valence-corrected chi connectivity index (χ4v) is 9.53. The number of guanidine groups is 2. The third kappa shape index (κ3) is 32.0. The molecule has 22 N–H and O–H groups in total. The Hall–Kier alpha value is -8.76. The first-order valence-electron chi connectivity index (χ1n) is 31.0. The highest BCUT2D eigenvalue weighted by atomic mass is 16.4. The number of rotatable bonds is 41. The molecule has 508 valence electrons. The number of aliphatic imine (C=N–C) groups is 2. The van der Waals surface area contributed by atoms with E-state index in [0.717, 1.165) is 0 Å². The van der Waals surface area contributed by atoms with Gasteiger partial charge in [-0.25, -0.2) is 4.79 Å². The van der Waals surface area contributed by atoms with Crippen molar-refractivity contribution in [3.63, 3.8) is 0 Å². The summed E-state index contributed by atoms with van der Waals surface area (Å²) in [4.78, 5) is 147. The molecule has 0 radical (unpaired) electrons. The SMILES string of the molecule is CC(C)CC(NC(=O)C(CC(C)C)NC(=O)C(CC(C)C)NC(=O)C(CCCN=C(N)N)NC(=O)C(CC(C)C)NC(=O)C(CC(C)C)NC(=O)C(Cc1ccc(O)cc1)NC(=O)C(N)CCCN=C(N)N)C(=O)NCC(=O)NC(Cc1ccc(O)cc1)C(=O)O. The molecule has 2 rings (SSSR count). The first kappa shape index (κ1) is 78.3. The van der Waals surface area contributed by atoms with Crippen molar-refractivity contribution in [2.24, 2.45) is 68.2 Å². The Morgan fingerprint density at radius 2 is 0.692 bits per heavy atom. The van der Waals surface area contributed by atoms with Gasteiger partial charge in [0.1, 0.15) is 59.8 Å². The lowest BCUT2D eigenvalue weighted by molar-refractivity contribution is -0.141. The van der Waals surface area contributed by atoms with Gasteiger partial charge in [-0.05, 0) is 123 Å². The molecule has 2 aromatic rings. The highest BCUT2D eigenvalue weighted by Crippen LogP contribution is 2.17. The number of hydrogen-bond acceptors (Lipinski definition) is 15. The zero-order valence-corrected chi connectivity index (χ0v) is 54.3. The van der Waals surface area contributed by atoms with E-state index in [1.54, 1.807) is 26.0 Å². The summed E-state index contributed by atoms with van der Waals surface area (Å²) in [6.45, 7) is 17.7. The molecule has 0 fully saturated rings. The molecule has 0 aliphatic carbocycles. The maximum absolute atomic E-state index is 14.6. The number of hydrogen-bond donors (Lipinski definition) is 17. The van der Waals surface area contributed by atoms with Crippen molar-refractivity contribution in [2.45, 2.75) is 194 Å². The topological polar surface area (TPSA) is 494 Å². The number of nitrogens with two attached hydrogens (primary N) is 5. The Morgan fingerprint density at radius 3 is 1.03 bits per heavy atom. The van der Waals surface area contributed by atoms with Crippen molar-refractivity contribution in [1.29, 1.82) is 0 Å². The monoisotopic (exact) mass is 1280 g/mol. The summed E-state index contributed by atoms with van der Waals surface area (Å²) < 4.78 is 0. The molecule has 9 amide bonds. The highest BCUT2D eigenvalue weighted by molar-refractivity contribution is 5.98. The summed E-state index contributed by atoms with van der Waals surface area (Å²) in [6.07, 6.45) is 0.831. The first-order valence-corrected chi connectivity index (χ1v) is 31.0. The van der Waals surface area contributed by atoms with Crippen LogP contribution in [0.4, 0.5) is 0 Å². The molecular formula is C62H102N16O13. The maximum atomic E-state index is 14.6. The number of nitrogens with zero attached hydrogens (tertiary/aromatic N) is 2. The zero-order chi connectivity index (χ0) is 68.7. The van der Waals surface area contributed by atoms with Gasteiger partial charge in [-0.2, -0.15) is 0 Å². The largest absolute Gasteiger partial charge is 0.508 e. The van der Waals surface area contributed by atoms with Crippen LogP contribution in [0.5, 0.6) is 11.5 Å². The third-order valence-corrected chi connectivity index (χ3v) is 14.0. The molecule has 29 heteroatoms. The molecule has 0 spiro atoms. The van der Waals surface area contributed by atoms with Gasteiger partial charge in [0.25, 0.3) is 0 Å². The van der Waals surface area contributed by atoms with Crippen molar-refractivity contribution in [3.05, 3.63) is 59.7 Å². The van der Waals surface area contributed by atoms with Crippen LogP contribution in [0, 0.1) is 29.6 Å². The van der Waals surface area contributed by atoms with E-state index in [1.165, 1.54) is 36.4 Å². The van der Waals surface area contributed by atoms with Gasteiger partial charge in [0, 0.05) is 25.9 Å². The molecule has 0 aliphatic heterocycles. The van der Waals surface area contributed by atoms with E-state index >= 15 is 0 Å². The summed E-state index contributed by atoms with van der Waals surface area (Å²) in [5.74, 6) is -9.49. The van der Waals surface area contributed by atoms with Gasteiger partial charge in [0.05, 0.1) is 12.6 Å². The van der Waals surface area contributed by atoms with Crippen LogP contribution in [0.1, 0.15) is 138 Å². The lowest BCUT2D eigenvalue weighted by Crippen LogP contribution is -2.60. The molecule has 0 bridgehead atoms. The molecule has 2 aromatic carbocycles. The fraction of sp³-hybridized carbons (Fsp3) is 0.613. The molecule has 0 saturated heterocycles. The van der Waals surface area contributed by atoms with Crippen LogP contribution in [0.25, 0.3) is 0 Å². The average Bonchev–Trinajstić information content (AvgIpc) is 2.66. The fourth-order valence-electron chi connectivity index (χ4n) is 9.53. The van der Waals surface area contributed by atoms with Gasteiger partial charge in [-0.1, -0.05) is 93.5 Å². The summed E-state index contributed by atoms with van der Waals surface area (Å²) in [6, 6.07) is 0.409. The zero-order valence-electron chi connectivity index (χ0n) is 54.3. The van der Waals surface area contributed by atoms with Crippen molar-refractivity contribution in [3.8, 4) is 11.5 Å². The van der Waals surface area contributed by atoms with Crippen LogP contribution in [-0.4, -0.2) is 160 Å². The number of aliphatic carboxylic acids is 1. The van der Waals surface area contributed by atoms with Crippen LogP contribution in [0.15, 0.2) is 58.5 Å². The van der Waals surface area contributed by atoms with Gasteiger partial charge in [-0.3, -0.25) is 53.1 Å². The van der Waals surface area contributed by atoms with Crippen LogP contribution >= 0.6 is 0 Å². The number of phenols is 2. The summed E-state index contributed by atoms with van der Waals surface area (Å²) in [7, 11) is 0. The minimum Gasteiger partial charge on any atom is -0.508 e. The van der Waals surface area contributed by atoms with E-state index in [2.05, 4.69) is 57.8 Å². The van der Waals surface area contributed by atoms with E-state index in [-0.39, 0.29) is 130 Å². The second-order valence-corrected chi connectivity index (χ2v) is 25.0. The minimum absolute atomic E-state index is 0.0252. The van der Waals surface area contributed by atoms with E-state index in [0.29, 0.717) is 17.5 Å². The van der Waals surface area contributed by atoms with E-state index in [4.69, 9.17) is 28.7 Å². The first-order chi connectivity index (χ1) is 42.6. The second kappa shape index (κ2) is 40.1. The Kier molecular flexibility index (Phi) is 34.5. The minimum atomic E-state index is -1.37. The maximum Gasteiger partial charge on any atom is 0.326 e. The number of phenolic OH excluding ortho intramolecular Hbond substituents is 2. The molecule has 29 nitrogen and oxygen atoms in total. The summed E-state index contributed by atoms with van der Waals surface area (Å²) >= 11 is 0. The van der Waals surface area contributed by atoms with Crippen molar-refractivity contribution >= 4 is 71.1 Å². The normalized spacial score (nSPS) is 14.2. The molecule has 0 aliphatic rings. The van der Waals surface area contributed by atoms with Crippen LogP contribution < -0.4 is 76.5 Å². The number of aromatic hydroxyl groups is 2. The van der Waals surface area contributed by atoms with Gasteiger partial charge in [0.2, 0.25) is 53.2 Å². The van der Waals surface area contributed by atoms with Crippen LogP contribution in [-0.2, 0) is 60.8 Å². The average molecular weight is 1280 g/mol. The Balaban J connectivity index is 2.43. The lowest BCUT2D eigenvalue weighted by atomic mass is 9.98. The van der Waals surface area contributed by atoms with Gasteiger partial charge >= 0.3 is 5.97 Å². The van der Waals surface area contributed by atoms with E-state index in [9.17, 15) is 63.3 Å². The molecule has 0 saturated carbocycles. The standard InChI is InChI=1S/C62H102N16O13/c1-33(2)25-44(53(83)70-32-51(81)71-50(60(90)91)31-39-17-21-41(80)22-18-39)74-56(86)47(28-36(7)8)77-57(87)46(27-35(5)6)75-54(84)43(14-12-24-69-62(66)67)72-55(85)45(26-34(3)4)76-58(88)48(29-37(9)10)78-59(89)49(30-38-15-19-40(79)20-16-38)73-52(82)42(63)13-11-23-68-61(64)65/h15-22,33-37,42-50,79-80H,11-14,23-32,63H2,1-10H3,(H,70,83)(H,71,81)(H,72,85)(H,73,82)(H,74,86)(H,75,84)(H,76,88)(H,77,87)(H,78,89)(H,90,91)(H4,64,65,68)(H4,66,67,69). The van der Waals surface area contributed by atoms with Gasteiger partial charge < -0.3 is 91.8 Å². The van der Waals surface area contributed by atoms with E-state index in [1.807, 2.05) is 55.4 Å². The molecule has 0 heterocycles. The Morgan fingerprint density at radius 1 is 0.396 bits per heavy atom. The summed E-state index contributed by atoms with van der Waals surface area (Å²) in [5.41, 5.74) is 29.3. The second-order valence-electron chi connectivity index (χ2n) is 25.0. The molecular weight excluding hydrogens is 1180 g/mol. The lowest BCUT2D eigenvalue weighted by Gasteiger charge is -2.29. The number of carbonyl (C=O) groups excluding carboxylic acids is 9. The molecule has 91 heavy (non-hydrogen) atoms. The van der Waals surface area contributed by atoms with Crippen molar-refractivity contribution in [1.82, 2.24) is 47.9 Å². The third-order valence-electron chi connectivity index (χ3n) is 14.0. The van der Waals surface area contributed by atoms with Gasteiger partial charge in [-0.15, -0.1) is 0 Å².